The molecule has 0 spiro atoms. The highest BCUT2D eigenvalue weighted by atomic mass is 16.5. The summed E-state index contributed by atoms with van der Waals surface area (Å²) in [6, 6.07) is 8.61. The van der Waals surface area contributed by atoms with Gasteiger partial charge in [0.25, 0.3) is 0 Å². The number of amides is 1. The minimum Gasteiger partial charge on any atom is -0.492 e. The topological polar surface area (TPSA) is 38.3 Å². The van der Waals surface area contributed by atoms with Crippen molar-refractivity contribution in [1.29, 1.82) is 0 Å². The van der Waals surface area contributed by atoms with Gasteiger partial charge in [0.1, 0.15) is 12.4 Å². The number of hydrogen-bond donors (Lipinski definition) is 1. The Kier molecular flexibility index (Phi) is 3.98. The quantitative estimate of drug-likeness (QED) is 0.730. The van der Waals surface area contributed by atoms with E-state index < -0.39 is 0 Å². The first-order valence-electron chi connectivity index (χ1n) is 4.54. The van der Waals surface area contributed by atoms with E-state index in [-0.39, 0.29) is 5.91 Å². The molecule has 0 aliphatic rings. The van der Waals surface area contributed by atoms with Gasteiger partial charge in [-0.25, -0.2) is 0 Å². The Morgan fingerprint density at radius 2 is 2.43 bits per heavy atom. The molecule has 0 bridgehead atoms. The number of aryl methyl sites for hydroxylation is 1. The van der Waals surface area contributed by atoms with Crippen LogP contribution in [0.4, 0.5) is 0 Å². The average Bonchev–Trinajstić information content (AvgIpc) is 2.12. The largest absolute Gasteiger partial charge is 0.492 e. The van der Waals surface area contributed by atoms with Gasteiger partial charge in [0, 0.05) is 6.92 Å². The van der Waals surface area contributed by atoms with Crippen molar-refractivity contribution in [2.75, 3.05) is 13.2 Å². The molecule has 0 saturated carbocycles. The summed E-state index contributed by atoms with van der Waals surface area (Å²) in [5, 5.41) is 2.66. The molecule has 1 radical (unpaired) electrons. The Labute approximate surface area is 84.1 Å². The van der Waals surface area contributed by atoms with Gasteiger partial charge >= 0.3 is 0 Å². The lowest BCUT2D eigenvalue weighted by molar-refractivity contribution is -0.119. The van der Waals surface area contributed by atoms with Gasteiger partial charge in [-0.3, -0.25) is 4.79 Å². The van der Waals surface area contributed by atoms with Crippen LogP contribution in [0.25, 0.3) is 0 Å². The molecule has 1 aromatic rings. The zero-order chi connectivity index (χ0) is 10.4. The van der Waals surface area contributed by atoms with Gasteiger partial charge in [0.05, 0.1) is 6.54 Å². The standard InChI is InChI=1S/C11H14NO2/c1-9-4-3-5-11(8-9)14-7-6-12-10(2)13/h3,5,8H,6-7H2,1-2H3,(H,12,13). The van der Waals surface area contributed by atoms with Crippen molar-refractivity contribution in [1.82, 2.24) is 5.32 Å². The molecule has 0 atom stereocenters. The monoisotopic (exact) mass is 192 g/mol. The van der Waals surface area contributed by atoms with Crippen molar-refractivity contribution < 1.29 is 9.53 Å². The molecule has 0 aliphatic carbocycles. The van der Waals surface area contributed by atoms with Crippen LogP contribution in [0.15, 0.2) is 18.2 Å². The Morgan fingerprint density at radius 1 is 1.64 bits per heavy atom. The van der Waals surface area contributed by atoms with E-state index in [0.717, 1.165) is 11.3 Å². The van der Waals surface area contributed by atoms with Crippen LogP contribution in [0, 0.1) is 13.0 Å². The predicted octanol–water partition coefficient (Wildman–Crippen LogP) is 1.31. The molecule has 0 fully saturated rings. The molecule has 0 unspecified atom stereocenters. The highest BCUT2D eigenvalue weighted by Crippen LogP contribution is 2.11. The average molecular weight is 192 g/mol. The van der Waals surface area contributed by atoms with Gasteiger partial charge in [-0.05, 0) is 30.7 Å². The van der Waals surface area contributed by atoms with Crippen LogP contribution in [-0.2, 0) is 4.79 Å². The fraction of sp³-hybridized carbons (Fsp3) is 0.364. The SMILES string of the molecule is CC(=O)NCCOc1cc[c]c(C)c1. The first-order valence-corrected chi connectivity index (χ1v) is 4.54. The van der Waals surface area contributed by atoms with Crippen molar-refractivity contribution in [3.8, 4) is 5.75 Å². The number of carbonyl (C=O) groups is 1. The van der Waals surface area contributed by atoms with Crippen LogP contribution in [0.3, 0.4) is 0 Å². The highest BCUT2D eigenvalue weighted by Gasteiger charge is 1.94. The lowest BCUT2D eigenvalue weighted by Gasteiger charge is -2.06. The molecule has 0 aliphatic heterocycles. The third kappa shape index (κ3) is 3.94. The van der Waals surface area contributed by atoms with E-state index in [4.69, 9.17) is 4.74 Å². The van der Waals surface area contributed by atoms with E-state index in [1.54, 1.807) is 0 Å². The second-order valence-corrected chi connectivity index (χ2v) is 3.04. The zero-order valence-corrected chi connectivity index (χ0v) is 8.46. The fourth-order valence-corrected chi connectivity index (χ4v) is 1.04. The Hall–Kier alpha value is -1.51. The first-order chi connectivity index (χ1) is 6.68. The normalized spacial score (nSPS) is 9.57. The molecule has 1 N–H and O–H groups in total. The number of carbonyl (C=O) groups excluding carboxylic acids is 1. The summed E-state index contributed by atoms with van der Waals surface area (Å²) in [6.45, 7) is 4.47. The number of ether oxygens (including phenoxy) is 1. The number of rotatable bonds is 4. The third-order valence-electron chi connectivity index (χ3n) is 1.66. The highest BCUT2D eigenvalue weighted by molar-refractivity contribution is 5.72. The van der Waals surface area contributed by atoms with E-state index in [1.165, 1.54) is 6.92 Å². The number of benzene rings is 1. The number of hydrogen-bond acceptors (Lipinski definition) is 2. The fourth-order valence-electron chi connectivity index (χ4n) is 1.04. The van der Waals surface area contributed by atoms with Crippen molar-refractivity contribution >= 4 is 5.91 Å². The van der Waals surface area contributed by atoms with Gasteiger partial charge in [0.15, 0.2) is 0 Å². The van der Waals surface area contributed by atoms with Crippen molar-refractivity contribution in [2.24, 2.45) is 0 Å². The van der Waals surface area contributed by atoms with Gasteiger partial charge in [-0.2, -0.15) is 0 Å². The van der Waals surface area contributed by atoms with Crippen molar-refractivity contribution in [2.45, 2.75) is 13.8 Å². The molecule has 0 aromatic heterocycles. The maximum atomic E-state index is 10.5. The molecule has 1 rings (SSSR count). The van der Waals surface area contributed by atoms with E-state index in [1.807, 2.05) is 25.1 Å². The Bertz CT molecular complexity index is 310. The van der Waals surface area contributed by atoms with Crippen molar-refractivity contribution in [3.05, 3.63) is 29.8 Å². The number of nitrogens with one attached hydrogen (secondary N) is 1. The van der Waals surface area contributed by atoms with Crippen LogP contribution >= 0.6 is 0 Å². The maximum absolute atomic E-state index is 10.5. The smallest absolute Gasteiger partial charge is 0.216 e. The van der Waals surface area contributed by atoms with Crippen LogP contribution in [0.2, 0.25) is 0 Å². The van der Waals surface area contributed by atoms with E-state index >= 15 is 0 Å². The molecule has 1 amide bonds. The van der Waals surface area contributed by atoms with Crippen LogP contribution < -0.4 is 10.1 Å². The third-order valence-corrected chi connectivity index (χ3v) is 1.66. The van der Waals surface area contributed by atoms with Crippen LogP contribution in [0.1, 0.15) is 12.5 Å². The summed E-state index contributed by atoms with van der Waals surface area (Å²) in [5.41, 5.74) is 1.04. The molecular formula is C11H14NO2. The summed E-state index contributed by atoms with van der Waals surface area (Å²) in [4.78, 5) is 10.5. The summed E-state index contributed by atoms with van der Waals surface area (Å²) in [6.07, 6.45) is 0. The summed E-state index contributed by atoms with van der Waals surface area (Å²) in [5.74, 6) is 0.776. The molecular weight excluding hydrogens is 178 g/mol. The lowest BCUT2D eigenvalue weighted by atomic mass is 10.2. The van der Waals surface area contributed by atoms with E-state index in [2.05, 4.69) is 11.4 Å². The molecule has 3 heteroatoms. The zero-order valence-electron chi connectivity index (χ0n) is 8.46. The molecule has 1 aromatic carbocycles. The molecule has 0 saturated heterocycles. The van der Waals surface area contributed by atoms with Gasteiger partial charge in [-0.15, -0.1) is 0 Å². The molecule has 75 valence electrons. The van der Waals surface area contributed by atoms with Gasteiger partial charge < -0.3 is 10.1 Å². The second kappa shape index (κ2) is 5.27. The minimum atomic E-state index is -0.0359. The van der Waals surface area contributed by atoms with Crippen LogP contribution in [0.5, 0.6) is 5.75 Å². The molecule has 3 nitrogen and oxygen atoms in total. The van der Waals surface area contributed by atoms with E-state index in [0.29, 0.717) is 13.2 Å². The van der Waals surface area contributed by atoms with Gasteiger partial charge in [0.2, 0.25) is 5.91 Å². The predicted molar refractivity (Wildman–Crippen MR) is 54.2 cm³/mol. The second-order valence-electron chi connectivity index (χ2n) is 3.04. The van der Waals surface area contributed by atoms with Gasteiger partial charge in [-0.1, -0.05) is 6.07 Å². The summed E-state index contributed by atoms with van der Waals surface area (Å²) in [7, 11) is 0. The van der Waals surface area contributed by atoms with E-state index in [9.17, 15) is 4.79 Å². The summed E-state index contributed by atoms with van der Waals surface area (Å²) >= 11 is 0. The van der Waals surface area contributed by atoms with Crippen LogP contribution in [-0.4, -0.2) is 19.1 Å². The Morgan fingerprint density at radius 3 is 3.07 bits per heavy atom. The van der Waals surface area contributed by atoms with Crippen molar-refractivity contribution in [3.63, 3.8) is 0 Å². The summed E-state index contributed by atoms with van der Waals surface area (Å²) < 4.78 is 5.40. The lowest BCUT2D eigenvalue weighted by Crippen LogP contribution is -2.25. The first kappa shape index (κ1) is 10.6. The molecule has 0 heterocycles. The molecule has 14 heavy (non-hydrogen) atoms. The minimum absolute atomic E-state index is 0.0359. The Balaban J connectivity index is 2.28. The maximum Gasteiger partial charge on any atom is 0.216 e.